The highest BCUT2D eigenvalue weighted by atomic mass is 28.3. The van der Waals surface area contributed by atoms with Crippen molar-refractivity contribution in [2.45, 2.75) is 0 Å². The van der Waals surface area contributed by atoms with Gasteiger partial charge < -0.3 is 4.57 Å². The molecule has 0 aliphatic heterocycles. The molecule has 1 heterocycles. The summed E-state index contributed by atoms with van der Waals surface area (Å²) >= 11 is 0. The van der Waals surface area contributed by atoms with Gasteiger partial charge in [-0.3, -0.25) is 0 Å². The van der Waals surface area contributed by atoms with E-state index in [1.807, 2.05) is 18.2 Å². The van der Waals surface area contributed by atoms with Crippen LogP contribution in [0, 0.1) is 22.7 Å². The highest BCUT2D eigenvalue weighted by molar-refractivity contribution is 7.20. The fourth-order valence-electron chi connectivity index (χ4n) is 7.46. The van der Waals surface area contributed by atoms with Gasteiger partial charge in [-0.2, -0.15) is 10.5 Å². The van der Waals surface area contributed by atoms with Crippen molar-refractivity contribution in [1.29, 1.82) is 10.5 Å². The summed E-state index contributed by atoms with van der Waals surface area (Å²) in [5.74, 6) is 0. The average Bonchev–Trinajstić information content (AvgIpc) is 3.50. The molecule has 0 saturated heterocycles. The monoisotopic (exact) mass is 627 g/mol. The van der Waals surface area contributed by atoms with Crippen LogP contribution in [0.5, 0.6) is 0 Å². The van der Waals surface area contributed by atoms with Crippen LogP contribution in [-0.4, -0.2) is 12.6 Å². The van der Waals surface area contributed by atoms with Crippen LogP contribution in [0.1, 0.15) is 11.1 Å². The number of para-hydroxylation sites is 2. The number of nitrogens with zero attached hydrogens (tertiary/aromatic N) is 3. The van der Waals surface area contributed by atoms with Gasteiger partial charge in [0.05, 0.1) is 40.0 Å². The third-order valence-corrected chi connectivity index (χ3v) is 14.2. The first-order valence-electron chi connectivity index (χ1n) is 16.0. The third kappa shape index (κ3) is 4.48. The maximum absolute atomic E-state index is 10.8. The van der Waals surface area contributed by atoms with E-state index in [1.165, 1.54) is 15.6 Å². The molecule has 8 aromatic rings. The minimum absolute atomic E-state index is 0.581. The minimum atomic E-state index is -3.10. The molecule has 1 aromatic heterocycles. The summed E-state index contributed by atoms with van der Waals surface area (Å²) in [7, 11) is -3.10. The summed E-state index contributed by atoms with van der Waals surface area (Å²) in [5.41, 5.74) is 6.04. The van der Waals surface area contributed by atoms with Gasteiger partial charge in [-0.05, 0) is 62.7 Å². The number of aromatic nitrogens is 1. The van der Waals surface area contributed by atoms with Crippen molar-refractivity contribution < 1.29 is 0 Å². The highest BCUT2D eigenvalue weighted by Crippen LogP contribution is 2.38. The first kappa shape index (κ1) is 29.0. The maximum Gasteiger partial charge on any atom is 0.180 e. The molecule has 48 heavy (non-hydrogen) atoms. The predicted molar refractivity (Wildman–Crippen MR) is 199 cm³/mol. The summed E-state index contributed by atoms with van der Waals surface area (Å²) in [5, 5.41) is 28.1. The molecule has 0 N–H and O–H groups in total. The largest absolute Gasteiger partial charge is 0.309 e. The van der Waals surface area contributed by atoms with Gasteiger partial charge in [-0.1, -0.05) is 140 Å². The molecule has 0 saturated carbocycles. The lowest BCUT2D eigenvalue weighted by Gasteiger charge is -2.36. The molecular weight excluding hydrogens is 599 g/mol. The standard InChI is InChI=1S/C44H29N3Si/c45-30-32-27-28-39(43(29-32)48(34-16-4-1-5-17-34,35-18-6-2-7-19-35)36-20-8-3-9-21-36)44-33(31-46)15-14-26-42(44)47-40-24-12-10-22-37(40)38-23-11-13-25-41(38)47/h1-29H. The van der Waals surface area contributed by atoms with Gasteiger partial charge in [0, 0.05) is 16.3 Å². The molecule has 0 spiro atoms. The van der Waals surface area contributed by atoms with E-state index in [1.54, 1.807) is 0 Å². The Balaban J connectivity index is 1.57. The van der Waals surface area contributed by atoms with Gasteiger partial charge in [-0.15, -0.1) is 0 Å². The van der Waals surface area contributed by atoms with Crippen LogP contribution in [0.3, 0.4) is 0 Å². The van der Waals surface area contributed by atoms with E-state index in [0.29, 0.717) is 11.1 Å². The fraction of sp³-hybridized carbons (Fsp3) is 0. The summed E-state index contributed by atoms with van der Waals surface area (Å²) in [4.78, 5) is 0. The van der Waals surface area contributed by atoms with Gasteiger partial charge in [0.1, 0.15) is 0 Å². The topological polar surface area (TPSA) is 52.5 Å². The fourth-order valence-corrected chi connectivity index (χ4v) is 12.5. The highest BCUT2D eigenvalue weighted by Gasteiger charge is 2.43. The van der Waals surface area contributed by atoms with Crippen molar-refractivity contribution in [3.05, 3.63) is 187 Å². The van der Waals surface area contributed by atoms with Crippen molar-refractivity contribution in [2.24, 2.45) is 0 Å². The second-order valence-corrected chi connectivity index (χ2v) is 15.7. The number of benzene rings is 7. The van der Waals surface area contributed by atoms with Crippen molar-refractivity contribution in [1.82, 2.24) is 4.57 Å². The Labute approximate surface area is 280 Å². The lowest BCUT2D eigenvalue weighted by molar-refractivity contribution is 1.18. The van der Waals surface area contributed by atoms with E-state index in [4.69, 9.17) is 0 Å². The van der Waals surface area contributed by atoms with E-state index in [0.717, 1.165) is 43.8 Å². The Morgan fingerprint density at radius 3 is 1.46 bits per heavy atom. The number of rotatable bonds is 6. The molecule has 224 valence electrons. The molecule has 0 radical (unpaired) electrons. The van der Waals surface area contributed by atoms with Crippen LogP contribution in [0.15, 0.2) is 176 Å². The van der Waals surface area contributed by atoms with E-state index >= 15 is 0 Å². The zero-order valence-corrected chi connectivity index (χ0v) is 27.1. The predicted octanol–water partition coefficient (Wildman–Crippen LogP) is 7.57. The number of fused-ring (bicyclic) bond motifs is 3. The van der Waals surface area contributed by atoms with E-state index in [9.17, 15) is 10.5 Å². The Bertz CT molecular complexity index is 2370. The smallest absolute Gasteiger partial charge is 0.180 e. The second kappa shape index (κ2) is 12.0. The van der Waals surface area contributed by atoms with Gasteiger partial charge in [-0.25, -0.2) is 0 Å². The van der Waals surface area contributed by atoms with E-state index in [2.05, 4.69) is 174 Å². The Kier molecular flexibility index (Phi) is 7.27. The van der Waals surface area contributed by atoms with Crippen LogP contribution in [0.4, 0.5) is 0 Å². The molecule has 0 fully saturated rings. The van der Waals surface area contributed by atoms with Crippen LogP contribution in [0.2, 0.25) is 0 Å². The minimum Gasteiger partial charge on any atom is -0.309 e. The quantitative estimate of drug-likeness (QED) is 0.141. The second-order valence-electron chi connectivity index (χ2n) is 11.9. The summed E-state index contributed by atoms with van der Waals surface area (Å²) in [6, 6.07) is 66.0. The van der Waals surface area contributed by atoms with Gasteiger partial charge in [0.25, 0.3) is 0 Å². The summed E-state index contributed by atoms with van der Waals surface area (Å²) in [6.07, 6.45) is 0. The zero-order valence-electron chi connectivity index (χ0n) is 26.1. The Morgan fingerprint density at radius 1 is 0.458 bits per heavy atom. The van der Waals surface area contributed by atoms with Crippen molar-refractivity contribution >= 4 is 50.6 Å². The molecule has 0 atom stereocenters. The van der Waals surface area contributed by atoms with E-state index in [-0.39, 0.29) is 0 Å². The number of hydrogen-bond acceptors (Lipinski definition) is 2. The van der Waals surface area contributed by atoms with Crippen molar-refractivity contribution in [2.75, 3.05) is 0 Å². The summed E-state index contributed by atoms with van der Waals surface area (Å²) in [6.45, 7) is 0. The Morgan fingerprint density at radius 2 is 0.958 bits per heavy atom. The molecule has 0 bridgehead atoms. The number of hydrogen-bond donors (Lipinski definition) is 0. The first-order valence-corrected chi connectivity index (χ1v) is 18.0. The Hall–Kier alpha value is -6.46. The maximum atomic E-state index is 10.8. The summed E-state index contributed by atoms with van der Waals surface area (Å²) < 4.78 is 2.29. The van der Waals surface area contributed by atoms with Crippen LogP contribution >= 0.6 is 0 Å². The SMILES string of the molecule is N#Cc1ccc(-c2c(C#N)cccc2-n2c3ccccc3c3ccccc32)c([Si](c2ccccc2)(c2ccccc2)c2ccccc2)c1. The molecule has 4 heteroatoms. The lowest BCUT2D eigenvalue weighted by Crippen LogP contribution is -2.75. The number of nitriles is 2. The van der Waals surface area contributed by atoms with Gasteiger partial charge >= 0.3 is 0 Å². The van der Waals surface area contributed by atoms with Crippen LogP contribution < -0.4 is 20.7 Å². The van der Waals surface area contributed by atoms with Crippen LogP contribution in [0.25, 0.3) is 38.6 Å². The van der Waals surface area contributed by atoms with Crippen LogP contribution in [-0.2, 0) is 0 Å². The van der Waals surface area contributed by atoms with Crippen molar-refractivity contribution in [3.8, 4) is 29.0 Å². The lowest BCUT2D eigenvalue weighted by atomic mass is 9.96. The molecular formula is C44H29N3Si. The first-order chi connectivity index (χ1) is 23.8. The molecule has 0 amide bonds. The molecule has 0 unspecified atom stereocenters. The zero-order chi connectivity index (χ0) is 32.5. The normalized spacial score (nSPS) is 11.3. The van der Waals surface area contributed by atoms with E-state index < -0.39 is 8.07 Å². The molecule has 3 nitrogen and oxygen atoms in total. The molecule has 0 aliphatic carbocycles. The average molecular weight is 628 g/mol. The molecule has 8 rings (SSSR count). The molecule has 7 aromatic carbocycles. The molecule has 0 aliphatic rings. The van der Waals surface area contributed by atoms with Gasteiger partial charge in [0.2, 0.25) is 0 Å². The third-order valence-electron chi connectivity index (χ3n) is 9.43. The van der Waals surface area contributed by atoms with Gasteiger partial charge in [0.15, 0.2) is 8.07 Å². The van der Waals surface area contributed by atoms with Crippen molar-refractivity contribution in [3.63, 3.8) is 0 Å².